The molecule has 1 aromatic rings. The lowest BCUT2D eigenvalue weighted by Crippen LogP contribution is -2.26. The van der Waals surface area contributed by atoms with Crippen LogP contribution < -0.4 is 11.5 Å². The summed E-state index contributed by atoms with van der Waals surface area (Å²) < 4.78 is 11.7. The Hall–Kier alpha value is -1.20. The maximum atomic E-state index is 11.7. The fourth-order valence-corrected chi connectivity index (χ4v) is 2.76. The highest BCUT2D eigenvalue weighted by atomic mass is 32.2. The van der Waals surface area contributed by atoms with Crippen LogP contribution in [0, 0.1) is 0 Å². The minimum absolute atomic E-state index is 0.0132. The summed E-state index contributed by atoms with van der Waals surface area (Å²) in [5.41, 5.74) is 12.3. The molecule has 2 unspecified atom stereocenters. The average Bonchev–Trinajstić information content (AvgIpc) is 2.29. The summed E-state index contributed by atoms with van der Waals surface area (Å²) in [7, 11) is -0.959. The third-order valence-corrected chi connectivity index (χ3v) is 3.95. The van der Waals surface area contributed by atoms with E-state index in [-0.39, 0.29) is 6.04 Å². The molecular weight excluding hydrogens is 236 g/mol. The molecule has 0 saturated carbocycles. The first-order valence-electron chi connectivity index (χ1n) is 5.52. The van der Waals surface area contributed by atoms with Crippen LogP contribution in [-0.2, 0) is 16.6 Å². The smallest absolute Gasteiger partial charge is 0.248 e. The molecule has 94 valence electrons. The third-order valence-electron chi connectivity index (χ3n) is 2.49. The number of amides is 1. The van der Waals surface area contributed by atoms with Gasteiger partial charge in [0, 0.05) is 33.9 Å². The lowest BCUT2D eigenvalue weighted by atomic mass is 10.1. The third kappa shape index (κ3) is 4.66. The molecule has 0 aromatic heterocycles. The van der Waals surface area contributed by atoms with Gasteiger partial charge in [-0.15, -0.1) is 0 Å². The number of primary amides is 1. The normalized spacial score (nSPS) is 14.2. The molecule has 0 radical (unpaired) electrons. The van der Waals surface area contributed by atoms with E-state index >= 15 is 0 Å². The Bertz CT molecular complexity index is 403. The molecule has 2 atom stereocenters. The molecule has 4 nitrogen and oxygen atoms in total. The molecule has 4 N–H and O–H groups in total. The van der Waals surface area contributed by atoms with Gasteiger partial charge in [-0.1, -0.05) is 19.1 Å². The second-order valence-corrected chi connectivity index (χ2v) is 5.48. The molecule has 1 amide bonds. The van der Waals surface area contributed by atoms with Gasteiger partial charge >= 0.3 is 0 Å². The summed E-state index contributed by atoms with van der Waals surface area (Å²) >= 11 is 0. The van der Waals surface area contributed by atoms with Gasteiger partial charge in [-0.3, -0.25) is 9.00 Å². The van der Waals surface area contributed by atoms with Crippen LogP contribution in [0.25, 0.3) is 0 Å². The minimum Gasteiger partial charge on any atom is -0.366 e. The highest BCUT2D eigenvalue weighted by Crippen LogP contribution is 2.07. The quantitative estimate of drug-likeness (QED) is 0.786. The van der Waals surface area contributed by atoms with Gasteiger partial charge in [0.1, 0.15) is 0 Å². The van der Waals surface area contributed by atoms with Gasteiger partial charge in [0.2, 0.25) is 5.91 Å². The van der Waals surface area contributed by atoms with Gasteiger partial charge in [-0.2, -0.15) is 0 Å². The SMILES string of the molecule is CCC(N)CS(=O)Cc1ccc(C(N)=O)cc1. The molecule has 0 spiro atoms. The van der Waals surface area contributed by atoms with Gasteiger partial charge in [0.25, 0.3) is 0 Å². The molecule has 17 heavy (non-hydrogen) atoms. The second kappa shape index (κ2) is 6.51. The Morgan fingerprint density at radius 1 is 1.35 bits per heavy atom. The van der Waals surface area contributed by atoms with Crippen molar-refractivity contribution in [3.8, 4) is 0 Å². The fourth-order valence-electron chi connectivity index (χ4n) is 1.37. The minimum atomic E-state index is -0.959. The summed E-state index contributed by atoms with van der Waals surface area (Å²) in [6, 6.07) is 6.83. The molecule has 0 aliphatic rings. The summed E-state index contributed by atoms with van der Waals surface area (Å²) in [6.45, 7) is 1.98. The molecule has 0 saturated heterocycles. The van der Waals surface area contributed by atoms with Gasteiger partial charge in [-0.05, 0) is 24.1 Å². The molecular formula is C12H18N2O2S. The maximum Gasteiger partial charge on any atom is 0.248 e. The monoisotopic (exact) mass is 254 g/mol. The Morgan fingerprint density at radius 2 is 1.94 bits per heavy atom. The first kappa shape index (κ1) is 13.9. The van der Waals surface area contributed by atoms with Crippen LogP contribution in [0.4, 0.5) is 0 Å². The van der Waals surface area contributed by atoms with Crippen molar-refractivity contribution >= 4 is 16.7 Å². The summed E-state index contributed by atoms with van der Waals surface area (Å²) in [6.07, 6.45) is 0.826. The number of hydrogen-bond acceptors (Lipinski definition) is 3. The Kier molecular flexibility index (Phi) is 5.31. The van der Waals surface area contributed by atoms with E-state index in [1.54, 1.807) is 24.3 Å². The van der Waals surface area contributed by atoms with Crippen LogP contribution in [0.15, 0.2) is 24.3 Å². The van der Waals surface area contributed by atoms with E-state index in [2.05, 4.69) is 0 Å². The van der Waals surface area contributed by atoms with Crippen molar-refractivity contribution in [2.24, 2.45) is 11.5 Å². The highest BCUT2D eigenvalue weighted by molar-refractivity contribution is 7.84. The van der Waals surface area contributed by atoms with Crippen LogP contribution in [0.2, 0.25) is 0 Å². The standard InChI is InChI=1S/C12H18N2O2S/c1-2-11(13)8-17(16)7-9-3-5-10(6-4-9)12(14)15/h3-6,11H,2,7-8,13H2,1H3,(H2,14,15). The van der Waals surface area contributed by atoms with E-state index in [0.29, 0.717) is 17.1 Å². The van der Waals surface area contributed by atoms with Crippen molar-refractivity contribution in [3.05, 3.63) is 35.4 Å². The van der Waals surface area contributed by atoms with Gasteiger partial charge in [-0.25, -0.2) is 0 Å². The van der Waals surface area contributed by atoms with E-state index in [1.807, 2.05) is 6.92 Å². The molecule has 0 heterocycles. The molecule has 5 heteroatoms. The highest BCUT2D eigenvalue weighted by Gasteiger charge is 2.07. The number of benzene rings is 1. The second-order valence-electron chi connectivity index (χ2n) is 3.98. The number of carbonyl (C=O) groups is 1. The van der Waals surface area contributed by atoms with Crippen LogP contribution >= 0.6 is 0 Å². The van der Waals surface area contributed by atoms with Gasteiger partial charge in [0.05, 0.1) is 0 Å². The van der Waals surface area contributed by atoms with E-state index in [4.69, 9.17) is 11.5 Å². The van der Waals surface area contributed by atoms with Crippen LogP contribution in [0.5, 0.6) is 0 Å². The first-order chi connectivity index (χ1) is 8.02. The molecule has 0 aliphatic carbocycles. The summed E-state index contributed by atoms with van der Waals surface area (Å²) in [5.74, 6) is 0.520. The topological polar surface area (TPSA) is 86.2 Å². The van der Waals surface area contributed by atoms with Crippen molar-refractivity contribution < 1.29 is 9.00 Å². The van der Waals surface area contributed by atoms with Crippen molar-refractivity contribution in [2.75, 3.05) is 5.75 Å². The van der Waals surface area contributed by atoms with E-state index in [9.17, 15) is 9.00 Å². The number of nitrogens with two attached hydrogens (primary N) is 2. The van der Waals surface area contributed by atoms with Crippen molar-refractivity contribution in [1.82, 2.24) is 0 Å². The Balaban J connectivity index is 2.57. The van der Waals surface area contributed by atoms with Crippen molar-refractivity contribution in [1.29, 1.82) is 0 Å². The van der Waals surface area contributed by atoms with E-state index in [1.165, 1.54) is 0 Å². The first-order valence-corrected chi connectivity index (χ1v) is 7.01. The lowest BCUT2D eigenvalue weighted by Gasteiger charge is -2.08. The number of carbonyl (C=O) groups excluding carboxylic acids is 1. The number of rotatable bonds is 6. The lowest BCUT2D eigenvalue weighted by molar-refractivity contribution is 0.100. The van der Waals surface area contributed by atoms with Crippen LogP contribution in [-0.4, -0.2) is 21.9 Å². The predicted molar refractivity (Wildman–Crippen MR) is 69.9 cm³/mol. The number of hydrogen-bond donors (Lipinski definition) is 2. The maximum absolute atomic E-state index is 11.7. The zero-order chi connectivity index (χ0) is 12.8. The zero-order valence-corrected chi connectivity index (χ0v) is 10.7. The molecule has 1 aromatic carbocycles. The molecule has 1 rings (SSSR count). The molecule has 0 bridgehead atoms. The Morgan fingerprint density at radius 3 is 2.41 bits per heavy atom. The predicted octanol–water partition coefficient (Wildman–Crippen LogP) is 0.771. The molecule has 0 aliphatic heterocycles. The van der Waals surface area contributed by atoms with E-state index in [0.717, 1.165) is 12.0 Å². The summed E-state index contributed by atoms with van der Waals surface area (Å²) in [5, 5.41) is 0. The Labute approximate surface area is 104 Å². The van der Waals surface area contributed by atoms with Gasteiger partial charge in [0.15, 0.2) is 0 Å². The van der Waals surface area contributed by atoms with Gasteiger partial charge < -0.3 is 11.5 Å². The summed E-state index contributed by atoms with van der Waals surface area (Å²) in [4.78, 5) is 10.9. The van der Waals surface area contributed by atoms with E-state index < -0.39 is 16.7 Å². The van der Waals surface area contributed by atoms with Crippen molar-refractivity contribution in [3.63, 3.8) is 0 Å². The fraction of sp³-hybridized carbons (Fsp3) is 0.417. The van der Waals surface area contributed by atoms with Crippen LogP contribution in [0.1, 0.15) is 29.3 Å². The van der Waals surface area contributed by atoms with Crippen LogP contribution in [0.3, 0.4) is 0 Å². The zero-order valence-electron chi connectivity index (χ0n) is 9.89. The average molecular weight is 254 g/mol. The largest absolute Gasteiger partial charge is 0.366 e. The molecule has 0 fully saturated rings. The van der Waals surface area contributed by atoms with Crippen molar-refractivity contribution in [2.45, 2.75) is 25.1 Å².